The van der Waals surface area contributed by atoms with E-state index in [4.69, 9.17) is 0 Å². The van der Waals surface area contributed by atoms with Crippen molar-refractivity contribution in [1.29, 1.82) is 0 Å². The van der Waals surface area contributed by atoms with E-state index in [1.165, 1.54) is 0 Å². The summed E-state index contributed by atoms with van der Waals surface area (Å²) in [5.41, 5.74) is 0.738. The van der Waals surface area contributed by atoms with E-state index in [1.807, 2.05) is 51.1 Å². The molecule has 0 saturated heterocycles. The quantitative estimate of drug-likeness (QED) is 0.791. The van der Waals surface area contributed by atoms with Gasteiger partial charge in [0.05, 0.1) is 0 Å². The van der Waals surface area contributed by atoms with Crippen LogP contribution in [0.3, 0.4) is 0 Å². The van der Waals surface area contributed by atoms with Gasteiger partial charge in [-0.3, -0.25) is 9.59 Å². The van der Waals surface area contributed by atoms with E-state index in [2.05, 4.69) is 10.6 Å². The lowest BCUT2D eigenvalue weighted by atomic mass is 10.1. The average molecular weight is 248 g/mol. The Hall–Kier alpha value is -1.84. The van der Waals surface area contributed by atoms with Crippen molar-refractivity contribution in [1.82, 2.24) is 10.6 Å². The molecule has 0 radical (unpaired) electrons. The summed E-state index contributed by atoms with van der Waals surface area (Å²) in [5, 5.41) is 5.22. The van der Waals surface area contributed by atoms with Crippen molar-refractivity contribution in [2.24, 2.45) is 0 Å². The number of hydrogen-bond donors (Lipinski definition) is 2. The lowest BCUT2D eigenvalue weighted by molar-refractivity contribution is -0.140. The van der Waals surface area contributed by atoms with Crippen LogP contribution in [0, 0.1) is 0 Å². The van der Waals surface area contributed by atoms with Crippen molar-refractivity contribution in [2.75, 3.05) is 6.54 Å². The third kappa shape index (κ3) is 5.48. The molecule has 1 rings (SSSR count). The Kier molecular flexibility index (Phi) is 4.89. The van der Waals surface area contributed by atoms with Crippen molar-refractivity contribution < 1.29 is 9.59 Å². The highest BCUT2D eigenvalue weighted by atomic mass is 16.2. The molecule has 0 bridgehead atoms. The normalized spacial score (nSPS) is 10.8. The van der Waals surface area contributed by atoms with Gasteiger partial charge in [-0.15, -0.1) is 0 Å². The van der Waals surface area contributed by atoms with Crippen molar-refractivity contribution in [2.45, 2.75) is 32.7 Å². The minimum atomic E-state index is -0.587. The number of carbonyl (C=O) groups is 2. The Bertz CT molecular complexity index is 408. The van der Waals surface area contributed by atoms with Crippen LogP contribution in [-0.4, -0.2) is 23.9 Å². The molecule has 0 aromatic heterocycles. The lowest BCUT2D eigenvalue weighted by Gasteiger charge is -2.19. The van der Waals surface area contributed by atoms with E-state index in [0.29, 0.717) is 6.54 Å². The predicted octanol–water partition coefficient (Wildman–Crippen LogP) is 1.26. The predicted molar refractivity (Wildman–Crippen MR) is 71.1 cm³/mol. The highest BCUT2D eigenvalue weighted by molar-refractivity contribution is 6.35. The second kappa shape index (κ2) is 6.19. The van der Waals surface area contributed by atoms with Gasteiger partial charge in [0.15, 0.2) is 0 Å². The maximum absolute atomic E-state index is 11.5. The summed E-state index contributed by atoms with van der Waals surface area (Å²) in [5.74, 6) is -1.17. The van der Waals surface area contributed by atoms with Gasteiger partial charge in [-0.1, -0.05) is 30.3 Å². The van der Waals surface area contributed by atoms with Gasteiger partial charge in [-0.05, 0) is 32.8 Å². The number of carbonyl (C=O) groups excluding carboxylic acids is 2. The zero-order valence-electron chi connectivity index (χ0n) is 11.1. The summed E-state index contributed by atoms with van der Waals surface area (Å²) >= 11 is 0. The van der Waals surface area contributed by atoms with Crippen LogP contribution in [0.4, 0.5) is 0 Å². The maximum atomic E-state index is 11.5. The highest BCUT2D eigenvalue weighted by Crippen LogP contribution is 1.99. The molecule has 0 aliphatic rings. The molecule has 1 aromatic carbocycles. The zero-order valence-corrected chi connectivity index (χ0v) is 11.1. The van der Waals surface area contributed by atoms with Gasteiger partial charge in [0, 0.05) is 12.1 Å². The Labute approximate surface area is 108 Å². The van der Waals surface area contributed by atoms with Gasteiger partial charge >= 0.3 is 11.8 Å². The molecule has 0 fully saturated rings. The number of nitrogens with one attached hydrogen (secondary N) is 2. The first-order valence-electron chi connectivity index (χ1n) is 6.03. The molecular weight excluding hydrogens is 228 g/mol. The number of rotatable bonds is 3. The van der Waals surface area contributed by atoms with Crippen LogP contribution < -0.4 is 10.6 Å². The van der Waals surface area contributed by atoms with Crippen molar-refractivity contribution in [3.05, 3.63) is 35.9 Å². The Morgan fingerprint density at radius 3 is 2.22 bits per heavy atom. The van der Waals surface area contributed by atoms with Gasteiger partial charge in [-0.25, -0.2) is 0 Å². The molecule has 4 nitrogen and oxygen atoms in total. The van der Waals surface area contributed by atoms with Crippen LogP contribution >= 0.6 is 0 Å². The number of hydrogen-bond acceptors (Lipinski definition) is 2. The summed E-state index contributed by atoms with van der Waals surface area (Å²) in [6, 6.07) is 9.81. The smallest absolute Gasteiger partial charge is 0.309 e. The van der Waals surface area contributed by atoms with Crippen LogP contribution in [0.1, 0.15) is 26.3 Å². The van der Waals surface area contributed by atoms with Crippen LogP contribution in [0.2, 0.25) is 0 Å². The van der Waals surface area contributed by atoms with Gasteiger partial charge in [-0.2, -0.15) is 0 Å². The van der Waals surface area contributed by atoms with Gasteiger partial charge in [0.2, 0.25) is 0 Å². The van der Waals surface area contributed by atoms with Crippen molar-refractivity contribution in [3.63, 3.8) is 0 Å². The number of benzene rings is 1. The monoisotopic (exact) mass is 248 g/mol. The van der Waals surface area contributed by atoms with E-state index in [0.717, 1.165) is 12.0 Å². The molecule has 0 aliphatic heterocycles. The molecule has 0 spiro atoms. The molecule has 0 atom stereocenters. The first kappa shape index (κ1) is 14.2. The van der Waals surface area contributed by atoms with Gasteiger partial charge in [0.1, 0.15) is 0 Å². The van der Waals surface area contributed by atoms with E-state index < -0.39 is 17.4 Å². The fourth-order valence-electron chi connectivity index (χ4n) is 1.44. The fourth-order valence-corrected chi connectivity index (χ4v) is 1.44. The van der Waals surface area contributed by atoms with Crippen molar-refractivity contribution in [3.8, 4) is 0 Å². The van der Waals surface area contributed by atoms with E-state index in [9.17, 15) is 9.59 Å². The third-order valence-electron chi connectivity index (χ3n) is 2.24. The molecule has 2 amide bonds. The summed E-state index contributed by atoms with van der Waals surface area (Å²) < 4.78 is 0. The number of amides is 2. The SMILES string of the molecule is CC(C)(C)NC(=O)C(=O)NCCc1ccccc1. The highest BCUT2D eigenvalue weighted by Gasteiger charge is 2.19. The average Bonchev–Trinajstić information content (AvgIpc) is 2.28. The second-order valence-electron chi connectivity index (χ2n) is 5.20. The van der Waals surface area contributed by atoms with E-state index in [1.54, 1.807) is 0 Å². The molecule has 1 aromatic rings. The van der Waals surface area contributed by atoms with Crippen LogP contribution in [-0.2, 0) is 16.0 Å². The zero-order chi connectivity index (χ0) is 13.6. The Balaban J connectivity index is 2.31. The molecule has 18 heavy (non-hydrogen) atoms. The largest absolute Gasteiger partial charge is 0.348 e. The van der Waals surface area contributed by atoms with Crippen LogP contribution in [0.5, 0.6) is 0 Å². The summed E-state index contributed by atoms with van der Waals surface area (Å²) in [6.07, 6.45) is 0.718. The molecule has 0 saturated carbocycles. The van der Waals surface area contributed by atoms with Gasteiger partial charge < -0.3 is 10.6 Å². The molecule has 2 N–H and O–H groups in total. The first-order valence-corrected chi connectivity index (χ1v) is 6.03. The van der Waals surface area contributed by atoms with E-state index in [-0.39, 0.29) is 0 Å². The van der Waals surface area contributed by atoms with Crippen molar-refractivity contribution >= 4 is 11.8 Å². The molecule has 0 heterocycles. The Morgan fingerprint density at radius 1 is 1.06 bits per heavy atom. The fraction of sp³-hybridized carbons (Fsp3) is 0.429. The Morgan fingerprint density at radius 2 is 1.67 bits per heavy atom. The molecule has 98 valence electrons. The minimum absolute atomic E-state index is 0.395. The molecule has 4 heteroatoms. The van der Waals surface area contributed by atoms with Gasteiger partial charge in [0.25, 0.3) is 0 Å². The minimum Gasteiger partial charge on any atom is -0.348 e. The summed E-state index contributed by atoms with van der Waals surface area (Å²) in [7, 11) is 0. The summed E-state index contributed by atoms with van der Waals surface area (Å²) in [6.45, 7) is 5.97. The first-order chi connectivity index (χ1) is 8.38. The molecular formula is C14H20N2O2. The third-order valence-corrected chi connectivity index (χ3v) is 2.24. The molecule has 0 unspecified atom stereocenters. The second-order valence-corrected chi connectivity index (χ2v) is 5.20. The lowest BCUT2D eigenvalue weighted by Crippen LogP contribution is -2.48. The van der Waals surface area contributed by atoms with Crippen LogP contribution in [0.15, 0.2) is 30.3 Å². The summed E-state index contributed by atoms with van der Waals surface area (Å²) in [4.78, 5) is 23.0. The molecule has 0 aliphatic carbocycles. The van der Waals surface area contributed by atoms with E-state index >= 15 is 0 Å². The topological polar surface area (TPSA) is 58.2 Å². The maximum Gasteiger partial charge on any atom is 0.309 e. The standard InChI is InChI=1S/C14H20N2O2/c1-14(2,3)16-13(18)12(17)15-10-9-11-7-5-4-6-8-11/h4-8H,9-10H2,1-3H3,(H,15,17)(H,16,18). The van der Waals surface area contributed by atoms with Crippen LogP contribution in [0.25, 0.3) is 0 Å².